The van der Waals surface area contributed by atoms with Gasteiger partial charge in [0.05, 0.1) is 11.4 Å². The highest BCUT2D eigenvalue weighted by Gasteiger charge is 2.39. The number of benzene rings is 11. The smallest absolute Gasteiger partial charge is 0.159 e. The third-order valence-corrected chi connectivity index (χ3v) is 16.1. The number of hydrogen-bond donors (Lipinski definition) is 0. The molecule has 0 N–H and O–H groups in total. The van der Waals surface area contributed by atoms with E-state index in [0.717, 1.165) is 56.1 Å². The fraction of sp³-hybridized carbons (Fsp3) is 0.0857. The fourth-order valence-electron chi connectivity index (χ4n) is 12.3. The van der Waals surface area contributed by atoms with Crippen molar-refractivity contribution in [3.8, 4) is 44.5 Å². The minimum Gasteiger partial charge on any atom is -0.454 e. The zero-order valence-electron chi connectivity index (χ0n) is 41.4. The van der Waals surface area contributed by atoms with Gasteiger partial charge in [0.2, 0.25) is 0 Å². The van der Waals surface area contributed by atoms with E-state index in [4.69, 9.17) is 4.42 Å². The van der Waals surface area contributed by atoms with Gasteiger partial charge in [-0.2, -0.15) is 0 Å². The topological polar surface area (TPSA) is 19.6 Å². The van der Waals surface area contributed by atoms with Gasteiger partial charge < -0.3 is 14.2 Å². The van der Waals surface area contributed by atoms with Gasteiger partial charge in [0.1, 0.15) is 5.58 Å². The molecule has 0 aliphatic heterocycles. The van der Waals surface area contributed by atoms with Crippen LogP contribution in [0.25, 0.3) is 77.2 Å². The van der Waals surface area contributed by atoms with Gasteiger partial charge in [0, 0.05) is 49.7 Å². The largest absolute Gasteiger partial charge is 0.454 e. The Hall–Kier alpha value is -8.92. The maximum absolute atomic E-state index is 6.81. The molecule has 2 aliphatic carbocycles. The summed E-state index contributed by atoms with van der Waals surface area (Å²) in [6.07, 6.45) is 0. The fourth-order valence-corrected chi connectivity index (χ4v) is 12.3. The van der Waals surface area contributed by atoms with Gasteiger partial charge in [-0.1, -0.05) is 198 Å². The van der Waals surface area contributed by atoms with Crippen LogP contribution in [-0.2, 0) is 10.8 Å². The summed E-state index contributed by atoms with van der Waals surface area (Å²) in [4.78, 5) is 4.82. The number of nitrogens with zero attached hydrogens (tertiary/aromatic N) is 2. The molecule has 3 heteroatoms. The Morgan fingerprint density at radius 1 is 0.301 bits per heavy atom. The zero-order valence-corrected chi connectivity index (χ0v) is 41.4. The van der Waals surface area contributed by atoms with Crippen molar-refractivity contribution in [1.29, 1.82) is 0 Å². The molecule has 0 unspecified atom stereocenters. The Morgan fingerprint density at radius 3 is 1.59 bits per heavy atom. The average molecular weight is 937 g/mol. The minimum atomic E-state index is -0.307. The normalized spacial score (nSPS) is 13.7. The molecule has 12 aromatic rings. The lowest BCUT2D eigenvalue weighted by Crippen LogP contribution is -2.17. The summed E-state index contributed by atoms with van der Waals surface area (Å²) in [5.74, 6) is 0. The lowest BCUT2D eigenvalue weighted by atomic mass is 9.81. The van der Waals surface area contributed by atoms with E-state index >= 15 is 0 Å². The van der Waals surface area contributed by atoms with Crippen LogP contribution in [0.1, 0.15) is 49.9 Å². The molecule has 2 aliphatic rings. The number of anilines is 6. The van der Waals surface area contributed by atoms with E-state index in [1.54, 1.807) is 0 Å². The third-order valence-electron chi connectivity index (χ3n) is 16.1. The molecule has 348 valence electrons. The lowest BCUT2D eigenvalue weighted by molar-refractivity contribution is 0.660. The maximum Gasteiger partial charge on any atom is 0.159 e. The number of rotatable bonds is 8. The minimum absolute atomic E-state index is 0.0956. The highest BCUT2D eigenvalue weighted by Crippen LogP contribution is 2.56. The second-order valence-electron chi connectivity index (χ2n) is 20.9. The van der Waals surface area contributed by atoms with E-state index in [9.17, 15) is 0 Å². The highest BCUT2D eigenvalue weighted by molar-refractivity contribution is 6.14. The molecule has 0 fully saturated rings. The second kappa shape index (κ2) is 16.3. The van der Waals surface area contributed by atoms with E-state index < -0.39 is 0 Å². The van der Waals surface area contributed by atoms with Crippen molar-refractivity contribution in [2.45, 2.75) is 38.5 Å². The van der Waals surface area contributed by atoms with Crippen molar-refractivity contribution in [3.05, 3.63) is 265 Å². The van der Waals surface area contributed by atoms with Gasteiger partial charge in [-0.25, -0.2) is 0 Å². The van der Waals surface area contributed by atoms with Crippen molar-refractivity contribution in [1.82, 2.24) is 0 Å². The van der Waals surface area contributed by atoms with Gasteiger partial charge in [-0.15, -0.1) is 0 Å². The standard InChI is InChI=1S/C70H52N2O/c1-69(2)60-27-15-13-22-53(60)54-41-39-52(43-62(54)69)71(49-20-9-6-10-21-49)50-35-32-47(33-36-50)48-34-40-59-61(42-48)70(3,4)63-44-65(55-23-11-12-25-57(55)67(59)63)72(51-37-30-46(31-38-51)45-18-7-5-8-19-45)64-28-17-26-58-56-24-14-16-29-66(56)73-68(58)64/h5-44H,1-4H3. The van der Waals surface area contributed by atoms with Crippen LogP contribution in [0.5, 0.6) is 0 Å². The van der Waals surface area contributed by atoms with Crippen LogP contribution in [0.15, 0.2) is 247 Å². The predicted molar refractivity (Wildman–Crippen MR) is 307 cm³/mol. The number of furan rings is 1. The monoisotopic (exact) mass is 936 g/mol. The van der Waals surface area contributed by atoms with Crippen molar-refractivity contribution in [2.24, 2.45) is 0 Å². The number of hydrogen-bond acceptors (Lipinski definition) is 3. The summed E-state index contributed by atoms with van der Waals surface area (Å²) >= 11 is 0. The maximum atomic E-state index is 6.81. The summed E-state index contributed by atoms with van der Waals surface area (Å²) in [6.45, 7) is 9.50. The van der Waals surface area contributed by atoms with Crippen LogP contribution in [0.2, 0.25) is 0 Å². The summed E-state index contributed by atoms with van der Waals surface area (Å²) in [5.41, 5.74) is 23.3. The van der Waals surface area contributed by atoms with E-state index in [1.165, 1.54) is 77.5 Å². The lowest BCUT2D eigenvalue weighted by Gasteiger charge is -2.30. The first-order chi connectivity index (χ1) is 35.7. The van der Waals surface area contributed by atoms with Crippen molar-refractivity contribution >= 4 is 66.8 Å². The van der Waals surface area contributed by atoms with Crippen LogP contribution >= 0.6 is 0 Å². The second-order valence-corrected chi connectivity index (χ2v) is 20.9. The molecule has 73 heavy (non-hydrogen) atoms. The molecule has 14 rings (SSSR count). The molecule has 11 aromatic carbocycles. The Morgan fingerprint density at radius 2 is 0.822 bits per heavy atom. The Kier molecular flexibility index (Phi) is 9.59. The summed E-state index contributed by atoms with van der Waals surface area (Å²) in [7, 11) is 0. The molecule has 0 saturated carbocycles. The first-order valence-electron chi connectivity index (χ1n) is 25.5. The Balaban J connectivity index is 0.871. The molecular formula is C70H52N2O. The average Bonchev–Trinajstić information content (AvgIpc) is 4.02. The molecule has 0 bridgehead atoms. The Labute approximate surface area is 426 Å². The molecule has 0 atom stereocenters. The molecule has 0 radical (unpaired) electrons. The van der Waals surface area contributed by atoms with Crippen molar-refractivity contribution in [2.75, 3.05) is 9.80 Å². The molecular weight excluding hydrogens is 885 g/mol. The first-order valence-corrected chi connectivity index (χ1v) is 25.5. The molecule has 1 aromatic heterocycles. The summed E-state index contributed by atoms with van der Waals surface area (Å²) in [5, 5.41) is 4.64. The van der Waals surface area contributed by atoms with Crippen molar-refractivity contribution < 1.29 is 4.42 Å². The molecule has 3 nitrogen and oxygen atoms in total. The van der Waals surface area contributed by atoms with Gasteiger partial charge in [0.25, 0.3) is 0 Å². The highest BCUT2D eigenvalue weighted by atomic mass is 16.3. The van der Waals surface area contributed by atoms with E-state index in [0.29, 0.717) is 0 Å². The number of fused-ring (bicyclic) bond motifs is 11. The van der Waals surface area contributed by atoms with Gasteiger partial charge >= 0.3 is 0 Å². The molecule has 0 spiro atoms. The third kappa shape index (κ3) is 6.65. The van der Waals surface area contributed by atoms with Crippen LogP contribution in [0.4, 0.5) is 34.1 Å². The molecule has 0 saturated heterocycles. The quantitative estimate of drug-likeness (QED) is 0.151. The summed E-state index contributed by atoms with van der Waals surface area (Å²) < 4.78 is 6.81. The van der Waals surface area contributed by atoms with E-state index in [1.807, 2.05) is 6.07 Å². The van der Waals surface area contributed by atoms with Crippen molar-refractivity contribution in [3.63, 3.8) is 0 Å². The SMILES string of the molecule is CC1(C)c2ccccc2-c2ccc(N(c3ccccc3)c3ccc(-c4ccc5c(c4)C(C)(C)c4cc(N(c6ccc(-c7ccccc7)cc6)c6cccc7c6oc6ccccc67)c6ccccc6c4-5)cc3)cc21. The van der Waals surface area contributed by atoms with Gasteiger partial charge in [0.15, 0.2) is 5.58 Å². The van der Waals surface area contributed by atoms with Crippen LogP contribution < -0.4 is 9.80 Å². The Bertz CT molecular complexity index is 4130. The van der Waals surface area contributed by atoms with E-state index in [2.05, 4.69) is 274 Å². The van der Waals surface area contributed by atoms with Crippen LogP contribution in [0.3, 0.4) is 0 Å². The van der Waals surface area contributed by atoms with Crippen LogP contribution in [0, 0.1) is 0 Å². The van der Waals surface area contributed by atoms with Gasteiger partial charge in [-0.05, 0) is 145 Å². The van der Waals surface area contributed by atoms with E-state index in [-0.39, 0.29) is 10.8 Å². The molecule has 0 amide bonds. The number of para-hydroxylation sites is 3. The predicted octanol–water partition coefficient (Wildman–Crippen LogP) is 19.6. The van der Waals surface area contributed by atoms with Crippen LogP contribution in [-0.4, -0.2) is 0 Å². The zero-order chi connectivity index (χ0) is 49.0. The first kappa shape index (κ1) is 42.9. The molecule has 1 heterocycles. The van der Waals surface area contributed by atoms with Gasteiger partial charge in [-0.3, -0.25) is 0 Å². The summed E-state index contributed by atoms with van der Waals surface area (Å²) in [6, 6.07) is 88.9.